The average molecular weight is 253 g/mol. The number of hydrogen-bond acceptors (Lipinski definition) is 4. The Morgan fingerprint density at radius 1 is 1.44 bits per heavy atom. The van der Waals surface area contributed by atoms with Crippen molar-refractivity contribution in [3.05, 3.63) is 0 Å². The number of rotatable bonds is 4. The number of ether oxygens (including phenoxy) is 1. The van der Waals surface area contributed by atoms with Crippen molar-refractivity contribution < 1.29 is 14.3 Å². The Morgan fingerprint density at radius 3 is 3.00 bits per heavy atom. The molecule has 0 aromatic carbocycles. The molecule has 0 radical (unpaired) electrons. The average Bonchev–Trinajstić information content (AvgIpc) is 2.40. The van der Waals surface area contributed by atoms with E-state index in [-0.39, 0.29) is 17.9 Å². The van der Waals surface area contributed by atoms with Crippen molar-refractivity contribution in [3.8, 4) is 0 Å². The van der Waals surface area contributed by atoms with E-state index in [1.54, 1.807) is 0 Å². The zero-order chi connectivity index (χ0) is 12.8. The quantitative estimate of drug-likeness (QED) is 0.757. The van der Waals surface area contributed by atoms with Gasteiger partial charge in [0.05, 0.1) is 6.10 Å². The third-order valence-corrected chi connectivity index (χ3v) is 3.19. The second kappa shape index (κ2) is 6.49. The van der Waals surface area contributed by atoms with Crippen molar-refractivity contribution in [2.45, 2.75) is 44.6 Å². The number of carbonyl (C=O) groups is 2. The molecule has 1 unspecified atom stereocenters. The molecule has 2 amide bonds. The summed E-state index contributed by atoms with van der Waals surface area (Å²) in [6.45, 7) is 1.42. The van der Waals surface area contributed by atoms with E-state index in [1.165, 1.54) is 6.42 Å². The zero-order valence-electron chi connectivity index (χ0n) is 10.4. The van der Waals surface area contributed by atoms with Gasteiger partial charge in [0.1, 0.15) is 5.71 Å². The van der Waals surface area contributed by atoms with Gasteiger partial charge in [0.2, 0.25) is 5.91 Å². The first kappa shape index (κ1) is 13.0. The summed E-state index contributed by atoms with van der Waals surface area (Å²) in [6, 6.07) is 0. The minimum Gasteiger partial charge on any atom is -0.378 e. The molecule has 1 fully saturated rings. The molecule has 2 aliphatic heterocycles. The Labute approximate surface area is 106 Å². The van der Waals surface area contributed by atoms with E-state index in [4.69, 9.17) is 4.74 Å². The van der Waals surface area contributed by atoms with Gasteiger partial charge >= 0.3 is 0 Å². The van der Waals surface area contributed by atoms with Crippen LogP contribution in [-0.4, -0.2) is 36.8 Å². The molecule has 0 bridgehead atoms. The molecule has 0 aromatic heterocycles. The maximum atomic E-state index is 11.7. The summed E-state index contributed by atoms with van der Waals surface area (Å²) in [6.07, 6.45) is 5.27. The fourth-order valence-corrected chi connectivity index (χ4v) is 2.12. The van der Waals surface area contributed by atoms with Gasteiger partial charge in [0.25, 0.3) is 5.91 Å². The van der Waals surface area contributed by atoms with Crippen molar-refractivity contribution in [1.82, 2.24) is 10.7 Å². The van der Waals surface area contributed by atoms with E-state index in [1.807, 2.05) is 0 Å². The van der Waals surface area contributed by atoms with Gasteiger partial charge in [-0.2, -0.15) is 5.10 Å². The molecule has 100 valence electrons. The summed E-state index contributed by atoms with van der Waals surface area (Å²) >= 11 is 0. The highest BCUT2D eigenvalue weighted by Gasteiger charge is 2.19. The lowest BCUT2D eigenvalue weighted by atomic mass is 10.1. The molecule has 0 aromatic rings. The lowest BCUT2D eigenvalue weighted by Crippen LogP contribution is -2.38. The van der Waals surface area contributed by atoms with Gasteiger partial charge in [0.15, 0.2) is 0 Å². The Morgan fingerprint density at radius 2 is 2.33 bits per heavy atom. The molecule has 2 heterocycles. The minimum absolute atomic E-state index is 0.137. The predicted octanol–water partition coefficient (Wildman–Crippen LogP) is 0.328. The Hall–Kier alpha value is -1.43. The first-order valence-corrected chi connectivity index (χ1v) is 6.51. The molecule has 1 atom stereocenters. The maximum absolute atomic E-state index is 11.7. The number of carbonyl (C=O) groups excluding carboxylic acids is 2. The van der Waals surface area contributed by atoms with E-state index >= 15 is 0 Å². The molecule has 6 heteroatoms. The molecule has 2 N–H and O–H groups in total. The lowest BCUT2D eigenvalue weighted by molar-refractivity contribution is -0.121. The van der Waals surface area contributed by atoms with Crippen LogP contribution in [0.15, 0.2) is 5.10 Å². The fraction of sp³-hybridized carbons (Fsp3) is 0.750. The number of amides is 2. The van der Waals surface area contributed by atoms with Crippen LogP contribution in [0.25, 0.3) is 0 Å². The maximum Gasteiger partial charge on any atom is 0.267 e. The highest BCUT2D eigenvalue weighted by atomic mass is 16.5. The minimum atomic E-state index is -0.189. The summed E-state index contributed by atoms with van der Waals surface area (Å²) < 4.78 is 5.58. The Balaban J connectivity index is 1.66. The Kier molecular flexibility index (Phi) is 4.69. The molecule has 2 aliphatic rings. The number of hydrazone groups is 1. The van der Waals surface area contributed by atoms with E-state index < -0.39 is 0 Å². The normalized spacial score (nSPS) is 24.1. The molecule has 0 aliphatic carbocycles. The van der Waals surface area contributed by atoms with Crippen LogP contribution >= 0.6 is 0 Å². The molecular formula is C12H19N3O3. The van der Waals surface area contributed by atoms with Crippen molar-refractivity contribution in [3.63, 3.8) is 0 Å². The second-order valence-electron chi connectivity index (χ2n) is 4.63. The first-order valence-electron chi connectivity index (χ1n) is 6.51. The molecule has 0 spiro atoms. The van der Waals surface area contributed by atoms with E-state index in [2.05, 4.69) is 15.8 Å². The number of nitrogens with one attached hydrogen (secondary N) is 2. The lowest BCUT2D eigenvalue weighted by Gasteiger charge is -2.22. The van der Waals surface area contributed by atoms with Crippen LogP contribution in [0.3, 0.4) is 0 Å². The molecule has 18 heavy (non-hydrogen) atoms. The largest absolute Gasteiger partial charge is 0.378 e. The van der Waals surface area contributed by atoms with Crippen LogP contribution in [0.5, 0.6) is 0 Å². The van der Waals surface area contributed by atoms with Crippen molar-refractivity contribution >= 4 is 17.5 Å². The summed E-state index contributed by atoms with van der Waals surface area (Å²) in [7, 11) is 0. The van der Waals surface area contributed by atoms with Crippen molar-refractivity contribution in [2.24, 2.45) is 5.10 Å². The highest BCUT2D eigenvalue weighted by molar-refractivity contribution is 6.39. The van der Waals surface area contributed by atoms with Crippen LogP contribution in [0.1, 0.15) is 38.5 Å². The van der Waals surface area contributed by atoms with Crippen LogP contribution < -0.4 is 10.7 Å². The van der Waals surface area contributed by atoms with Gasteiger partial charge in [0, 0.05) is 26.0 Å². The van der Waals surface area contributed by atoms with E-state index in [0.29, 0.717) is 25.1 Å². The monoisotopic (exact) mass is 253 g/mol. The molecular weight excluding hydrogens is 234 g/mol. The number of hydrogen-bond donors (Lipinski definition) is 2. The van der Waals surface area contributed by atoms with Gasteiger partial charge < -0.3 is 10.1 Å². The van der Waals surface area contributed by atoms with Gasteiger partial charge in [-0.1, -0.05) is 0 Å². The first-order chi connectivity index (χ1) is 8.75. The molecule has 2 rings (SSSR count). The van der Waals surface area contributed by atoms with Gasteiger partial charge in [-0.25, -0.2) is 5.43 Å². The van der Waals surface area contributed by atoms with Crippen LogP contribution in [-0.2, 0) is 14.3 Å². The number of nitrogens with zero attached hydrogens (tertiary/aromatic N) is 1. The van der Waals surface area contributed by atoms with Crippen LogP contribution in [0.2, 0.25) is 0 Å². The zero-order valence-corrected chi connectivity index (χ0v) is 10.4. The fourth-order valence-electron chi connectivity index (χ4n) is 2.12. The summed E-state index contributed by atoms with van der Waals surface area (Å²) in [5.74, 6) is -0.326. The van der Waals surface area contributed by atoms with Gasteiger partial charge in [-0.3, -0.25) is 9.59 Å². The summed E-state index contributed by atoms with van der Waals surface area (Å²) in [4.78, 5) is 22.6. The molecule has 0 saturated carbocycles. The second-order valence-corrected chi connectivity index (χ2v) is 4.63. The van der Waals surface area contributed by atoms with Gasteiger partial charge in [-0.15, -0.1) is 0 Å². The van der Waals surface area contributed by atoms with E-state index in [9.17, 15) is 9.59 Å². The third-order valence-electron chi connectivity index (χ3n) is 3.19. The van der Waals surface area contributed by atoms with Gasteiger partial charge in [-0.05, 0) is 25.7 Å². The molecule has 6 nitrogen and oxygen atoms in total. The van der Waals surface area contributed by atoms with Crippen LogP contribution in [0, 0.1) is 0 Å². The van der Waals surface area contributed by atoms with Crippen molar-refractivity contribution in [1.29, 1.82) is 0 Å². The predicted molar refractivity (Wildman–Crippen MR) is 66.0 cm³/mol. The topological polar surface area (TPSA) is 79.8 Å². The standard InChI is InChI=1S/C12H19N3O3/c16-11-5-4-10(14-15-11)12(17)13-7-6-9-3-1-2-8-18-9/h9H,1-8H2,(H,13,17)(H,15,16). The van der Waals surface area contributed by atoms with E-state index in [0.717, 1.165) is 25.9 Å². The Bertz CT molecular complexity index is 348. The summed E-state index contributed by atoms with van der Waals surface area (Å²) in [5.41, 5.74) is 2.72. The van der Waals surface area contributed by atoms with Crippen LogP contribution in [0.4, 0.5) is 0 Å². The molecule has 1 saturated heterocycles. The SMILES string of the molecule is O=C1CCC(C(=O)NCCC2CCCCO2)=NN1. The summed E-state index contributed by atoms with van der Waals surface area (Å²) in [5, 5.41) is 6.56. The highest BCUT2D eigenvalue weighted by Crippen LogP contribution is 2.14. The van der Waals surface area contributed by atoms with Crippen molar-refractivity contribution in [2.75, 3.05) is 13.2 Å². The third kappa shape index (κ3) is 3.80. The smallest absolute Gasteiger partial charge is 0.267 e.